The molecule has 1 aromatic heterocycles. The molecule has 0 unspecified atom stereocenters. The molecule has 0 amide bonds. The third-order valence-electron chi connectivity index (χ3n) is 1.80. The second-order valence-corrected chi connectivity index (χ2v) is 4.24. The maximum Gasteiger partial charge on any atom is 0.188 e. The molecule has 5 heteroatoms. The average molecular weight is 215 g/mol. The smallest absolute Gasteiger partial charge is 0.188 e. The molecule has 1 aliphatic rings. The fourth-order valence-electron chi connectivity index (χ4n) is 1.14. The monoisotopic (exact) mass is 214 g/mol. The van der Waals surface area contributed by atoms with Gasteiger partial charge in [0.2, 0.25) is 0 Å². The molecular formula is C8H7ClN2OS. The number of thiazole rings is 1. The Balaban J connectivity index is 2.22. The van der Waals surface area contributed by atoms with Gasteiger partial charge < -0.3 is 4.90 Å². The van der Waals surface area contributed by atoms with Crippen LogP contribution in [0.5, 0.6) is 0 Å². The van der Waals surface area contributed by atoms with Crippen LogP contribution in [0.1, 0.15) is 9.67 Å². The molecule has 0 atom stereocenters. The van der Waals surface area contributed by atoms with Crippen molar-refractivity contribution in [3.63, 3.8) is 0 Å². The van der Waals surface area contributed by atoms with Crippen LogP contribution >= 0.6 is 22.9 Å². The summed E-state index contributed by atoms with van der Waals surface area (Å²) in [7, 11) is 0. The Bertz CT molecular complexity index is 366. The SMILES string of the molecule is C=C1CN(c2nc(Cl)c(C=O)s2)C1. The van der Waals surface area contributed by atoms with Crippen LogP contribution in [-0.2, 0) is 0 Å². The molecule has 0 aliphatic carbocycles. The molecule has 0 saturated carbocycles. The fraction of sp³-hybridized carbons (Fsp3) is 0.250. The van der Waals surface area contributed by atoms with Crippen LogP contribution in [0.25, 0.3) is 0 Å². The molecule has 3 nitrogen and oxygen atoms in total. The molecule has 0 aromatic carbocycles. The quantitative estimate of drug-likeness (QED) is 0.558. The van der Waals surface area contributed by atoms with Crippen molar-refractivity contribution < 1.29 is 4.79 Å². The molecule has 68 valence electrons. The number of carbonyl (C=O) groups excluding carboxylic acids is 1. The summed E-state index contributed by atoms with van der Waals surface area (Å²) in [6, 6.07) is 0. The second-order valence-electron chi connectivity index (χ2n) is 2.88. The zero-order chi connectivity index (χ0) is 9.42. The maximum absolute atomic E-state index is 10.5. The number of hydrogen-bond acceptors (Lipinski definition) is 4. The Morgan fingerprint density at radius 2 is 2.31 bits per heavy atom. The number of nitrogens with zero attached hydrogens (tertiary/aromatic N) is 2. The van der Waals surface area contributed by atoms with E-state index < -0.39 is 0 Å². The molecular weight excluding hydrogens is 208 g/mol. The van der Waals surface area contributed by atoms with Crippen LogP contribution in [0.4, 0.5) is 5.13 Å². The highest BCUT2D eigenvalue weighted by Crippen LogP contribution is 2.31. The summed E-state index contributed by atoms with van der Waals surface area (Å²) < 4.78 is 0. The van der Waals surface area contributed by atoms with E-state index in [0.29, 0.717) is 10.0 Å². The second kappa shape index (κ2) is 3.12. The third kappa shape index (κ3) is 1.47. The van der Waals surface area contributed by atoms with Crippen molar-refractivity contribution in [1.29, 1.82) is 0 Å². The van der Waals surface area contributed by atoms with E-state index in [-0.39, 0.29) is 0 Å². The summed E-state index contributed by atoms with van der Waals surface area (Å²) in [5.41, 5.74) is 1.18. The van der Waals surface area contributed by atoms with E-state index in [4.69, 9.17) is 11.6 Å². The van der Waals surface area contributed by atoms with E-state index >= 15 is 0 Å². The van der Waals surface area contributed by atoms with Gasteiger partial charge in [-0.25, -0.2) is 4.98 Å². The molecule has 2 heterocycles. The lowest BCUT2D eigenvalue weighted by Crippen LogP contribution is -2.39. The van der Waals surface area contributed by atoms with Crippen LogP contribution in [0.15, 0.2) is 12.2 Å². The average Bonchev–Trinajstić information content (AvgIpc) is 2.41. The van der Waals surface area contributed by atoms with Crippen LogP contribution < -0.4 is 4.90 Å². The summed E-state index contributed by atoms with van der Waals surface area (Å²) in [5.74, 6) is 0. The van der Waals surface area contributed by atoms with Gasteiger partial charge in [0.05, 0.1) is 0 Å². The predicted octanol–water partition coefficient (Wildman–Crippen LogP) is 1.99. The van der Waals surface area contributed by atoms with Crippen molar-refractivity contribution in [3.8, 4) is 0 Å². The zero-order valence-electron chi connectivity index (χ0n) is 6.79. The van der Waals surface area contributed by atoms with E-state index in [2.05, 4.69) is 11.6 Å². The summed E-state index contributed by atoms with van der Waals surface area (Å²) in [4.78, 5) is 17.1. The van der Waals surface area contributed by atoms with Gasteiger partial charge >= 0.3 is 0 Å². The largest absolute Gasteiger partial charge is 0.340 e. The minimum atomic E-state index is 0.299. The van der Waals surface area contributed by atoms with E-state index in [1.165, 1.54) is 16.9 Å². The van der Waals surface area contributed by atoms with Crippen LogP contribution in [0, 0.1) is 0 Å². The Kier molecular flexibility index (Phi) is 2.09. The lowest BCUT2D eigenvalue weighted by atomic mass is 10.1. The Labute approximate surface area is 84.6 Å². The van der Waals surface area contributed by atoms with Gasteiger partial charge in [-0.15, -0.1) is 0 Å². The summed E-state index contributed by atoms with van der Waals surface area (Å²) in [5, 5.41) is 1.10. The van der Waals surface area contributed by atoms with Crippen LogP contribution in [-0.4, -0.2) is 24.4 Å². The highest BCUT2D eigenvalue weighted by Gasteiger charge is 2.22. The van der Waals surface area contributed by atoms with E-state index in [1.807, 2.05) is 4.90 Å². The highest BCUT2D eigenvalue weighted by molar-refractivity contribution is 7.17. The van der Waals surface area contributed by atoms with Gasteiger partial charge in [0.25, 0.3) is 0 Å². The molecule has 0 bridgehead atoms. The molecule has 1 saturated heterocycles. The number of aromatic nitrogens is 1. The van der Waals surface area contributed by atoms with Gasteiger partial charge in [0.1, 0.15) is 4.88 Å². The van der Waals surface area contributed by atoms with Crippen molar-refractivity contribution in [2.45, 2.75) is 0 Å². The van der Waals surface area contributed by atoms with Crippen molar-refractivity contribution >= 4 is 34.4 Å². The van der Waals surface area contributed by atoms with Gasteiger partial charge in [-0.05, 0) is 5.57 Å². The maximum atomic E-state index is 10.5. The molecule has 1 fully saturated rings. The van der Waals surface area contributed by atoms with E-state index in [9.17, 15) is 4.79 Å². The van der Waals surface area contributed by atoms with Crippen LogP contribution in [0.2, 0.25) is 5.15 Å². The summed E-state index contributed by atoms with van der Waals surface area (Å²) >= 11 is 7.04. The summed E-state index contributed by atoms with van der Waals surface area (Å²) in [6.07, 6.45) is 0.734. The number of carbonyl (C=O) groups is 1. The van der Waals surface area contributed by atoms with E-state index in [1.54, 1.807) is 0 Å². The molecule has 1 aliphatic heterocycles. The molecule has 13 heavy (non-hydrogen) atoms. The topological polar surface area (TPSA) is 33.2 Å². The van der Waals surface area contributed by atoms with Gasteiger partial charge in [-0.1, -0.05) is 29.5 Å². The van der Waals surface area contributed by atoms with Crippen molar-refractivity contribution in [1.82, 2.24) is 4.98 Å². The van der Waals surface area contributed by atoms with Crippen molar-refractivity contribution in [2.24, 2.45) is 0 Å². The van der Waals surface area contributed by atoms with Crippen molar-refractivity contribution in [2.75, 3.05) is 18.0 Å². The lowest BCUT2D eigenvalue weighted by Gasteiger charge is -2.32. The van der Waals surface area contributed by atoms with Gasteiger partial charge in [-0.3, -0.25) is 4.79 Å². The normalized spacial score (nSPS) is 15.8. The van der Waals surface area contributed by atoms with Gasteiger partial charge in [0, 0.05) is 13.1 Å². The first-order valence-electron chi connectivity index (χ1n) is 3.74. The standard InChI is InChI=1S/C8H7ClN2OS/c1-5-2-11(3-5)8-10-7(9)6(4-12)13-8/h4H,1-3H2. The van der Waals surface area contributed by atoms with Gasteiger partial charge in [0.15, 0.2) is 16.6 Å². The number of aldehydes is 1. The fourth-order valence-corrected chi connectivity index (χ4v) is 2.20. The zero-order valence-corrected chi connectivity index (χ0v) is 8.36. The summed E-state index contributed by atoms with van der Waals surface area (Å²) in [6.45, 7) is 5.46. The molecule has 0 spiro atoms. The first kappa shape index (κ1) is 8.72. The third-order valence-corrected chi connectivity index (χ3v) is 3.25. The Hall–Kier alpha value is -0.870. The molecule has 0 N–H and O–H groups in total. The molecule has 1 aromatic rings. The first-order valence-corrected chi connectivity index (χ1v) is 4.93. The number of anilines is 1. The Morgan fingerprint density at radius 1 is 1.62 bits per heavy atom. The molecule has 0 radical (unpaired) electrons. The molecule has 2 rings (SSSR count). The van der Waals surface area contributed by atoms with Gasteiger partial charge in [-0.2, -0.15) is 0 Å². The minimum Gasteiger partial charge on any atom is -0.340 e. The van der Waals surface area contributed by atoms with Crippen LogP contribution in [0.3, 0.4) is 0 Å². The predicted molar refractivity (Wildman–Crippen MR) is 53.9 cm³/mol. The lowest BCUT2D eigenvalue weighted by molar-refractivity contribution is 0.112. The number of rotatable bonds is 2. The van der Waals surface area contributed by atoms with E-state index in [0.717, 1.165) is 24.5 Å². The number of hydrogen-bond donors (Lipinski definition) is 0. The number of halogens is 1. The minimum absolute atomic E-state index is 0.299. The van der Waals surface area contributed by atoms with Crippen molar-refractivity contribution in [3.05, 3.63) is 22.2 Å². The Morgan fingerprint density at radius 3 is 2.77 bits per heavy atom. The highest BCUT2D eigenvalue weighted by atomic mass is 35.5. The first-order chi connectivity index (χ1) is 6.20.